The number of benzene rings is 1. The smallest absolute Gasteiger partial charge is 0.255 e. The fourth-order valence-corrected chi connectivity index (χ4v) is 3.64. The number of aromatic amines is 1. The van der Waals surface area contributed by atoms with Crippen molar-refractivity contribution in [3.63, 3.8) is 0 Å². The monoisotopic (exact) mass is 381 g/mol. The molecule has 3 aromatic rings. The number of nitrogens with zero attached hydrogens (tertiary/aromatic N) is 4. The number of halogens is 1. The van der Waals surface area contributed by atoms with Crippen LogP contribution in [0.5, 0.6) is 0 Å². The van der Waals surface area contributed by atoms with Crippen LogP contribution in [0.15, 0.2) is 35.3 Å². The number of H-pyrrole nitrogens is 1. The average molecular weight is 381 g/mol. The van der Waals surface area contributed by atoms with Gasteiger partial charge in [-0.3, -0.25) is 9.69 Å². The minimum atomic E-state index is -0.263. The highest BCUT2D eigenvalue weighted by Crippen LogP contribution is 2.19. The van der Waals surface area contributed by atoms with Gasteiger partial charge in [0.05, 0.1) is 22.6 Å². The molecule has 7 heteroatoms. The van der Waals surface area contributed by atoms with Gasteiger partial charge in [0, 0.05) is 44.2 Å². The van der Waals surface area contributed by atoms with Crippen LogP contribution >= 0.6 is 0 Å². The van der Waals surface area contributed by atoms with Crippen molar-refractivity contribution in [3.8, 4) is 5.69 Å². The van der Waals surface area contributed by atoms with Crippen molar-refractivity contribution < 1.29 is 4.39 Å². The van der Waals surface area contributed by atoms with Crippen LogP contribution in [-0.2, 0) is 25.9 Å². The van der Waals surface area contributed by atoms with E-state index in [1.54, 1.807) is 16.8 Å². The van der Waals surface area contributed by atoms with E-state index < -0.39 is 0 Å². The van der Waals surface area contributed by atoms with Crippen molar-refractivity contribution in [2.45, 2.75) is 46.2 Å². The Labute approximate surface area is 163 Å². The van der Waals surface area contributed by atoms with E-state index in [1.807, 2.05) is 13.1 Å². The summed E-state index contributed by atoms with van der Waals surface area (Å²) in [6.45, 7) is 6.21. The van der Waals surface area contributed by atoms with E-state index in [9.17, 15) is 9.18 Å². The molecule has 0 aliphatic carbocycles. The summed E-state index contributed by atoms with van der Waals surface area (Å²) in [5, 5.41) is 4.56. The number of aromatic nitrogens is 4. The van der Waals surface area contributed by atoms with Crippen LogP contribution in [0.25, 0.3) is 5.69 Å². The van der Waals surface area contributed by atoms with Gasteiger partial charge in [0.1, 0.15) is 11.6 Å². The zero-order chi connectivity index (χ0) is 19.7. The van der Waals surface area contributed by atoms with Crippen LogP contribution < -0.4 is 5.56 Å². The van der Waals surface area contributed by atoms with E-state index in [0.29, 0.717) is 13.1 Å². The molecule has 1 aliphatic heterocycles. The maximum Gasteiger partial charge on any atom is 0.255 e. The first-order valence-electron chi connectivity index (χ1n) is 9.68. The maximum atomic E-state index is 13.1. The molecule has 2 aromatic heterocycles. The Morgan fingerprint density at radius 2 is 2.04 bits per heavy atom. The summed E-state index contributed by atoms with van der Waals surface area (Å²) < 4.78 is 14.9. The third-order valence-corrected chi connectivity index (χ3v) is 5.17. The number of rotatable bonds is 5. The standard InChI is InChI=1S/C21H24FN5O/c1-3-4-20-23-19-9-10-26(13-18(19)21(28)24-20)11-15-12-27(25-14(15)2)17-7-5-16(22)6-8-17/h5-8,12H,3-4,9-11,13H2,1-2H3,(H,23,24,28). The van der Waals surface area contributed by atoms with Gasteiger partial charge in [0.15, 0.2) is 0 Å². The normalized spacial score (nSPS) is 14.2. The molecule has 0 saturated carbocycles. The van der Waals surface area contributed by atoms with Gasteiger partial charge in [-0.25, -0.2) is 14.1 Å². The van der Waals surface area contributed by atoms with Crippen molar-refractivity contribution in [1.29, 1.82) is 0 Å². The summed E-state index contributed by atoms with van der Waals surface area (Å²) in [6, 6.07) is 6.28. The van der Waals surface area contributed by atoms with E-state index in [4.69, 9.17) is 0 Å². The Hall–Kier alpha value is -2.80. The molecule has 28 heavy (non-hydrogen) atoms. The molecule has 6 nitrogen and oxygen atoms in total. The Morgan fingerprint density at radius 1 is 1.25 bits per heavy atom. The lowest BCUT2D eigenvalue weighted by molar-refractivity contribution is 0.241. The molecule has 1 N–H and O–H groups in total. The van der Waals surface area contributed by atoms with Gasteiger partial charge >= 0.3 is 0 Å². The first-order chi connectivity index (χ1) is 13.5. The van der Waals surface area contributed by atoms with Crippen LogP contribution in [0, 0.1) is 12.7 Å². The fraction of sp³-hybridized carbons (Fsp3) is 0.381. The first-order valence-corrected chi connectivity index (χ1v) is 9.68. The number of aryl methyl sites for hydroxylation is 2. The zero-order valence-electron chi connectivity index (χ0n) is 16.2. The molecule has 0 amide bonds. The molecule has 0 bridgehead atoms. The second-order valence-corrected chi connectivity index (χ2v) is 7.31. The Kier molecular flexibility index (Phi) is 5.09. The highest BCUT2D eigenvalue weighted by molar-refractivity contribution is 5.33. The third-order valence-electron chi connectivity index (χ3n) is 5.17. The van der Waals surface area contributed by atoms with Crippen molar-refractivity contribution >= 4 is 0 Å². The van der Waals surface area contributed by atoms with Crippen LogP contribution in [0.1, 0.15) is 41.7 Å². The number of hydrogen-bond acceptors (Lipinski definition) is 4. The van der Waals surface area contributed by atoms with Crippen LogP contribution in [0.3, 0.4) is 0 Å². The minimum Gasteiger partial charge on any atom is -0.310 e. The van der Waals surface area contributed by atoms with Crippen molar-refractivity contribution in [1.82, 2.24) is 24.6 Å². The lowest BCUT2D eigenvalue weighted by Crippen LogP contribution is -2.35. The van der Waals surface area contributed by atoms with E-state index in [0.717, 1.165) is 59.8 Å². The SMILES string of the molecule is CCCc1nc2c(c(=O)[nH]1)CN(Cc1cn(-c3ccc(F)cc3)nc1C)CC2. The molecular weight excluding hydrogens is 357 g/mol. The predicted molar refractivity (Wildman–Crippen MR) is 105 cm³/mol. The van der Waals surface area contributed by atoms with Crippen LogP contribution in [0.4, 0.5) is 4.39 Å². The molecule has 146 valence electrons. The molecule has 3 heterocycles. The summed E-state index contributed by atoms with van der Waals surface area (Å²) in [7, 11) is 0. The molecule has 0 radical (unpaired) electrons. The van der Waals surface area contributed by atoms with E-state index in [2.05, 4.69) is 26.9 Å². The molecule has 4 rings (SSSR count). The lowest BCUT2D eigenvalue weighted by atomic mass is 10.1. The predicted octanol–water partition coefficient (Wildman–Crippen LogP) is 2.91. The molecule has 0 atom stereocenters. The van der Waals surface area contributed by atoms with Crippen molar-refractivity contribution in [3.05, 3.63) is 75.0 Å². The van der Waals surface area contributed by atoms with Gasteiger partial charge in [-0.1, -0.05) is 6.92 Å². The van der Waals surface area contributed by atoms with E-state index in [1.165, 1.54) is 12.1 Å². The van der Waals surface area contributed by atoms with Crippen molar-refractivity contribution in [2.24, 2.45) is 0 Å². The van der Waals surface area contributed by atoms with Gasteiger partial charge in [0.2, 0.25) is 0 Å². The molecule has 0 spiro atoms. The summed E-state index contributed by atoms with van der Waals surface area (Å²) >= 11 is 0. The number of fused-ring (bicyclic) bond motifs is 1. The second kappa shape index (κ2) is 7.67. The van der Waals surface area contributed by atoms with Gasteiger partial charge in [-0.2, -0.15) is 5.10 Å². The summed E-state index contributed by atoms with van der Waals surface area (Å²) in [5.74, 6) is 0.525. The number of hydrogen-bond donors (Lipinski definition) is 1. The fourth-order valence-electron chi connectivity index (χ4n) is 3.64. The van der Waals surface area contributed by atoms with Crippen LogP contribution in [0.2, 0.25) is 0 Å². The van der Waals surface area contributed by atoms with E-state index >= 15 is 0 Å². The van der Waals surface area contributed by atoms with Gasteiger partial charge in [0.25, 0.3) is 5.56 Å². The Bertz CT molecular complexity index is 1040. The first kappa shape index (κ1) is 18.6. The molecule has 1 aromatic carbocycles. The molecule has 1 aliphatic rings. The Morgan fingerprint density at radius 3 is 2.79 bits per heavy atom. The Balaban J connectivity index is 1.52. The summed E-state index contributed by atoms with van der Waals surface area (Å²) in [6.07, 6.45) is 4.52. The zero-order valence-corrected chi connectivity index (χ0v) is 16.2. The highest BCUT2D eigenvalue weighted by atomic mass is 19.1. The topological polar surface area (TPSA) is 66.8 Å². The second-order valence-electron chi connectivity index (χ2n) is 7.31. The summed E-state index contributed by atoms with van der Waals surface area (Å²) in [4.78, 5) is 22.3. The average Bonchev–Trinajstić information content (AvgIpc) is 3.03. The largest absolute Gasteiger partial charge is 0.310 e. The van der Waals surface area contributed by atoms with Gasteiger partial charge in [-0.05, 0) is 37.6 Å². The van der Waals surface area contributed by atoms with E-state index in [-0.39, 0.29) is 11.4 Å². The molecular formula is C21H24FN5O. The van der Waals surface area contributed by atoms with Gasteiger partial charge < -0.3 is 4.98 Å². The molecule has 0 saturated heterocycles. The maximum absolute atomic E-state index is 13.1. The lowest BCUT2D eigenvalue weighted by Gasteiger charge is -2.27. The highest BCUT2D eigenvalue weighted by Gasteiger charge is 2.22. The quantitative estimate of drug-likeness (QED) is 0.738. The molecule has 0 unspecified atom stereocenters. The van der Waals surface area contributed by atoms with Gasteiger partial charge in [-0.15, -0.1) is 0 Å². The van der Waals surface area contributed by atoms with Crippen molar-refractivity contribution in [2.75, 3.05) is 6.54 Å². The molecule has 0 fully saturated rings. The number of nitrogens with one attached hydrogen (secondary N) is 1. The summed E-state index contributed by atoms with van der Waals surface area (Å²) in [5.41, 5.74) is 4.54. The van der Waals surface area contributed by atoms with Crippen LogP contribution in [-0.4, -0.2) is 31.2 Å². The third kappa shape index (κ3) is 3.75. The minimum absolute atomic E-state index is 0.0168.